The van der Waals surface area contributed by atoms with Gasteiger partial charge >= 0.3 is 0 Å². The molecule has 1 aromatic rings. The van der Waals surface area contributed by atoms with Crippen molar-refractivity contribution in [2.75, 3.05) is 0 Å². The SMILES string of the molecule is C=C/C(=C\C(=C)Cl)Oc1cccc(Cl)c1. The predicted molar refractivity (Wildman–Crippen MR) is 65.4 cm³/mol. The van der Waals surface area contributed by atoms with Crippen LogP contribution in [-0.4, -0.2) is 0 Å². The maximum atomic E-state index is 5.81. The molecule has 0 saturated carbocycles. The lowest BCUT2D eigenvalue weighted by atomic mass is 10.3. The molecular formula is C12H10Cl2O. The molecule has 0 N–H and O–H groups in total. The fourth-order valence-corrected chi connectivity index (χ4v) is 1.24. The van der Waals surface area contributed by atoms with E-state index in [9.17, 15) is 0 Å². The second-order valence-electron chi connectivity index (χ2n) is 2.76. The molecule has 1 rings (SSSR count). The van der Waals surface area contributed by atoms with Gasteiger partial charge in [-0.15, -0.1) is 0 Å². The van der Waals surface area contributed by atoms with Gasteiger partial charge in [0.15, 0.2) is 0 Å². The van der Waals surface area contributed by atoms with Crippen LogP contribution in [0.5, 0.6) is 5.75 Å². The summed E-state index contributed by atoms with van der Waals surface area (Å²) in [5.41, 5.74) is 0. The van der Waals surface area contributed by atoms with Crippen molar-refractivity contribution in [2.45, 2.75) is 0 Å². The predicted octanol–water partition coefficient (Wildman–Crippen LogP) is 4.54. The molecule has 0 aliphatic carbocycles. The number of hydrogen-bond donors (Lipinski definition) is 0. The maximum absolute atomic E-state index is 5.81. The van der Waals surface area contributed by atoms with Crippen molar-refractivity contribution in [1.29, 1.82) is 0 Å². The molecule has 0 bridgehead atoms. The minimum absolute atomic E-state index is 0.381. The van der Waals surface area contributed by atoms with E-state index >= 15 is 0 Å². The van der Waals surface area contributed by atoms with Crippen molar-refractivity contribution < 1.29 is 4.74 Å². The minimum Gasteiger partial charge on any atom is -0.457 e. The van der Waals surface area contributed by atoms with Crippen LogP contribution in [0.3, 0.4) is 0 Å². The Hall–Kier alpha value is -1.18. The highest BCUT2D eigenvalue weighted by atomic mass is 35.5. The largest absolute Gasteiger partial charge is 0.457 e. The van der Waals surface area contributed by atoms with Gasteiger partial charge in [-0.25, -0.2) is 0 Å². The molecule has 0 saturated heterocycles. The molecule has 3 heteroatoms. The van der Waals surface area contributed by atoms with E-state index in [4.69, 9.17) is 27.9 Å². The molecule has 78 valence electrons. The summed E-state index contributed by atoms with van der Waals surface area (Å²) < 4.78 is 5.47. The van der Waals surface area contributed by atoms with E-state index in [1.165, 1.54) is 0 Å². The number of halogens is 2. The van der Waals surface area contributed by atoms with Gasteiger partial charge < -0.3 is 4.74 Å². The van der Waals surface area contributed by atoms with Gasteiger partial charge in [0.05, 0.1) is 0 Å². The Morgan fingerprint density at radius 3 is 2.67 bits per heavy atom. The fraction of sp³-hybridized carbons (Fsp3) is 0. The van der Waals surface area contributed by atoms with E-state index in [0.29, 0.717) is 21.6 Å². The molecule has 0 unspecified atom stereocenters. The highest BCUT2D eigenvalue weighted by molar-refractivity contribution is 6.31. The quantitative estimate of drug-likeness (QED) is 0.555. The summed E-state index contributed by atoms with van der Waals surface area (Å²) in [4.78, 5) is 0. The molecule has 0 fully saturated rings. The zero-order chi connectivity index (χ0) is 11.3. The highest BCUT2D eigenvalue weighted by Gasteiger charge is 1.98. The summed E-state index contributed by atoms with van der Waals surface area (Å²) in [5.74, 6) is 1.16. The average molecular weight is 241 g/mol. The second-order valence-corrected chi connectivity index (χ2v) is 3.68. The number of benzene rings is 1. The third-order valence-electron chi connectivity index (χ3n) is 1.53. The van der Waals surface area contributed by atoms with Crippen LogP contribution in [0, 0.1) is 0 Å². The Balaban J connectivity index is 2.84. The second kappa shape index (κ2) is 5.64. The normalized spacial score (nSPS) is 10.9. The van der Waals surface area contributed by atoms with E-state index in [-0.39, 0.29) is 0 Å². The lowest BCUT2D eigenvalue weighted by molar-refractivity contribution is 0.445. The van der Waals surface area contributed by atoms with E-state index in [2.05, 4.69) is 13.2 Å². The molecule has 0 spiro atoms. The lowest BCUT2D eigenvalue weighted by Gasteiger charge is -2.06. The van der Waals surface area contributed by atoms with E-state index in [0.717, 1.165) is 0 Å². The van der Waals surface area contributed by atoms with Gasteiger partial charge in [0, 0.05) is 10.1 Å². The van der Waals surface area contributed by atoms with Crippen molar-refractivity contribution in [3.8, 4) is 5.75 Å². The fourth-order valence-electron chi connectivity index (χ4n) is 0.951. The van der Waals surface area contributed by atoms with E-state index in [1.54, 1.807) is 36.4 Å². The Labute approximate surface area is 99.3 Å². The first-order chi connectivity index (χ1) is 7.11. The van der Waals surface area contributed by atoms with Gasteiger partial charge in [0.2, 0.25) is 0 Å². The molecule has 0 amide bonds. The standard InChI is InChI=1S/C12H10Cl2O/c1-3-11(7-9(2)13)15-12-6-4-5-10(14)8-12/h3-8H,1-2H2/b11-7+. The van der Waals surface area contributed by atoms with Crippen LogP contribution in [0.2, 0.25) is 5.02 Å². The van der Waals surface area contributed by atoms with Crippen molar-refractivity contribution in [3.05, 3.63) is 65.4 Å². The van der Waals surface area contributed by atoms with Crippen LogP contribution in [-0.2, 0) is 0 Å². The maximum Gasteiger partial charge on any atom is 0.128 e. The summed E-state index contributed by atoms with van der Waals surface area (Å²) >= 11 is 11.4. The molecule has 1 nitrogen and oxygen atoms in total. The molecule has 0 heterocycles. The third kappa shape index (κ3) is 4.24. The van der Waals surface area contributed by atoms with Crippen LogP contribution < -0.4 is 4.74 Å². The summed E-state index contributed by atoms with van der Waals surface area (Å²) in [7, 11) is 0. The van der Waals surface area contributed by atoms with E-state index in [1.807, 2.05) is 0 Å². The Bertz CT molecular complexity index is 408. The molecule has 0 radical (unpaired) electrons. The van der Waals surface area contributed by atoms with Crippen molar-refractivity contribution in [2.24, 2.45) is 0 Å². The highest BCUT2D eigenvalue weighted by Crippen LogP contribution is 2.20. The molecule has 0 aliphatic rings. The van der Waals surface area contributed by atoms with Gasteiger partial charge in [-0.05, 0) is 30.4 Å². The van der Waals surface area contributed by atoms with Gasteiger partial charge in [-0.1, -0.05) is 42.4 Å². The van der Waals surface area contributed by atoms with Crippen LogP contribution in [0.25, 0.3) is 0 Å². The van der Waals surface area contributed by atoms with Crippen molar-refractivity contribution in [1.82, 2.24) is 0 Å². The van der Waals surface area contributed by atoms with Gasteiger partial charge in [0.1, 0.15) is 11.5 Å². The molecule has 0 atom stereocenters. The molecule has 15 heavy (non-hydrogen) atoms. The number of ether oxygens (including phenoxy) is 1. The first-order valence-electron chi connectivity index (χ1n) is 4.24. The topological polar surface area (TPSA) is 9.23 Å². The van der Waals surface area contributed by atoms with Gasteiger partial charge in [-0.2, -0.15) is 0 Å². The number of rotatable bonds is 4. The summed E-state index contributed by atoms with van der Waals surface area (Å²) in [6.45, 7) is 7.14. The minimum atomic E-state index is 0.381. The van der Waals surface area contributed by atoms with Crippen molar-refractivity contribution >= 4 is 23.2 Å². The third-order valence-corrected chi connectivity index (χ3v) is 1.88. The molecular weight excluding hydrogens is 231 g/mol. The zero-order valence-electron chi connectivity index (χ0n) is 8.04. The van der Waals surface area contributed by atoms with E-state index < -0.39 is 0 Å². The summed E-state index contributed by atoms with van der Waals surface area (Å²) in [6, 6.07) is 7.07. The molecule has 0 aromatic heterocycles. The zero-order valence-corrected chi connectivity index (χ0v) is 9.55. The average Bonchev–Trinajstić information content (AvgIpc) is 2.16. The monoisotopic (exact) mass is 240 g/mol. The first kappa shape index (κ1) is 11.9. The Kier molecular flexibility index (Phi) is 4.47. The first-order valence-corrected chi connectivity index (χ1v) is 4.99. The summed E-state index contributed by atoms with van der Waals surface area (Å²) in [5, 5.41) is 0.993. The lowest BCUT2D eigenvalue weighted by Crippen LogP contribution is -1.91. The van der Waals surface area contributed by atoms with Crippen LogP contribution in [0.1, 0.15) is 0 Å². The number of hydrogen-bond acceptors (Lipinski definition) is 1. The van der Waals surface area contributed by atoms with Crippen LogP contribution >= 0.6 is 23.2 Å². The number of allylic oxidation sites excluding steroid dienone is 3. The van der Waals surface area contributed by atoms with Gasteiger partial charge in [-0.3, -0.25) is 0 Å². The summed E-state index contributed by atoms with van der Waals surface area (Å²) in [6.07, 6.45) is 3.13. The smallest absolute Gasteiger partial charge is 0.128 e. The van der Waals surface area contributed by atoms with Crippen LogP contribution in [0.15, 0.2) is 60.4 Å². The Morgan fingerprint density at radius 2 is 2.13 bits per heavy atom. The Morgan fingerprint density at radius 1 is 1.40 bits per heavy atom. The van der Waals surface area contributed by atoms with Crippen LogP contribution in [0.4, 0.5) is 0 Å². The van der Waals surface area contributed by atoms with Gasteiger partial charge in [0.25, 0.3) is 0 Å². The molecule has 0 aliphatic heterocycles. The molecule has 1 aromatic carbocycles. The van der Waals surface area contributed by atoms with Crippen molar-refractivity contribution in [3.63, 3.8) is 0 Å².